The molecule has 0 saturated heterocycles. The average molecular weight is 389 g/mol. The highest BCUT2D eigenvalue weighted by molar-refractivity contribution is 5.66. The van der Waals surface area contributed by atoms with Crippen LogP contribution >= 0.6 is 0 Å². The average Bonchev–Trinajstić information content (AvgIpc) is 2.96. The number of allylic oxidation sites excluding steroid dienone is 2. The lowest BCUT2D eigenvalue weighted by atomic mass is 9.49. The van der Waals surface area contributed by atoms with Crippen LogP contribution in [0.25, 0.3) is 0 Å². The van der Waals surface area contributed by atoms with Crippen molar-refractivity contribution in [3.63, 3.8) is 0 Å². The van der Waals surface area contributed by atoms with Crippen LogP contribution in [0, 0.1) is 35.0 Å². The summed E-state index contributed by atoms with van der Waals surface area (Å²) in [7, 11) is 0. The Hall–Kier alpha value is -1.32. The van der Waals surface area contributed by atoms with Gasteiger partial charge >= 0.3 is 11.9 Å². The van der Waals surface area contributed by atoms with Crippen molar-refractivity contribution in [2.24, 2.45) is 35.0 Å². The fraction of sp³-hybridized carbons (Fsp3) is 0.833. The molecule has 0 aliphatic heterocycles. The van der Waals surface area contributed by atoms with Crippen molar-refractivity contribution in [2.45, 2.75) is 85.2 Å². The second-order valence-electron chi connectivity index (χ2n) is 10.1. The van der Waals surface area contributed by atoms with Gasteiger partial charge in [0.15, 0.2) is 0 Å². The van der Waals surface area contributed by atoms with Crippen molar-refractivity contribution in [3.8, 4) is 0 Å². The summed E-state index contributed by atoms with van der Waals surface area (Å²) in [5.41, 5.74) is 3.80. The monoisotopic (exact) mass is 388 g/mol. The molecule has 7 atom stereocenters. The van der Waals surface area contributed by atoms with Crippen molar-refractivity contribution < 1.29 is 19.1 Å². The molecule has 0 N–H and O–H groups in total. The van der Waals surface area contributed by atoms with Gasteiger partial charge < -0.3 is 9.47 Å². The Morgan fingerprint density at radius 2 is 1.86 bits per heavy atom. The fourth-order valence-electron chi connectivity index (χ4n) is 7.33. The van der Waals surface area contributed by atoms with E-state index in [9.17, 15) is 9.59 Å². The van der Waals surface area contributed by atoms with E-state index in [1.54, 1.807) is 11.1 Å². The van der Waals surface area contributed by atoms with Crippen molar-refractivity contribution in [1.29, 1.82) is 0 Å². The number of esters is 2. The van der Waals surface area contributed by atoms with Gasteiger partial charge in [0.2, 0.25) is 0 Å². The third kappa shape index (κ3) is 3.41. The van der Waals surface area contributed by atoms with E-state index in [1.165, 1.54) is 46.0 Å². The Bertz CT molecular complexity index is 680. The van der Waals surface area contributed by atoms with E-state index in [-0.39, 0.29) is 18.0 Å². The highest BCUT2D eigenvalue weighted by Crippen LogP contribution is 2.62. The SMILES string of the molecule is CC(=O)OC[C@@H]1CC2=C(CC[C@H]3[C@H]2CC[C@H]2C[C@@H](OC(C)=O)CC[C@@]23C)[C@H]1C. The van der Waals surface area contributed by atoms with Gasteiger partial charge in [0, 0.05) is 19.8 Å². The van der Waals surface area contributed by atoms with Gasteiger partial charge in [-0.3, -0.25) is 9.59 Å². The Balaban J connectivity index is 1.48. The Morgan fingerprint density at radius 3 is 2.57 bits per heavy atom. The molecular weight excluding hydrogens is 352 g/mol. The van der Waals surface area contributed by atoms with Crippen molar-refractivity contribution in [2.75, 3.05) is 6.61 Å². The van der Waals surface area contributed by atoms with Gasteiger partial charge in [-0.1, -0.05) is 25.0 Å². The first-order valence-corrected chi connectivity index (χ1v) is 11.3. The van der Waals surface area contributed by atoms with Crippen LogP contribution < -0.4 is 0 Å². The minimum atomic E-state index is -0.160. The predicted molar refractivity (Wildman–Crippen MR) is 107 cm³/mol. The summed E-state index contributed by atoms with van der Waals surface area (Å²) >= 11 is 0. The molecular formula is C24H36O4. The second-order valence-corrected chi connectivity index (χ2v) is 10.1. The van der Waals surface area contributed by atoms with E-state index in [1.807, 2.05) is 0 Å². The van der Waals surface area contributed by atoms with Crippen LogP contribution in [0.2, 0.25) is 0 Å². The summed E-state index contributed by atoms with van der Waals surface area (Å²) in [5, 5.41) is 0. The zero-order chi connectivity index (χ0) is 20.1. The molecule has 4 aliphatic carbocycles. The van der Waals surface area contributed by atoms with Crippen LogP contribution in [-0.4, -0.2) is 24.6 Å². The van der Waals surface area contributed by atoms with Gasteiger partial charge in [0.05, 0.1) is 6.61 Å². The lowest BCUT2D eigenvalue weighted by Crippen LogP contribution is -2.49. The molecule has 0 amide bonds. The predicted octanol–water partition coefficient (Wildman–Crippen LogP) is 5.06. The van der Waals surface area contributed by atoms with Gasteiger partial charge in [0.25, 0.3) is 0 Å². The zero-order valence-electron chi connectivity index (χ0n) is 18.0. The van der Waals surface area contributed by atoms with Crippen molar-refractivity contribution in [3.05, 3.63) is 11.1 Å². The smallest absolute Gasteiger partial charge is 0.302 e. The normalized spacial score (nSPS) is 42.3. The van der Waals surface area contributed by atoms with Crippen LogP contribution in [0.1, 0.15) is 79.1 Å². The quantitative estimate of drug-likeness (QED) is 0.501. The van der Waals surface area contributed by atoms with Crippen LogP contribution in [0.15, 0.2) is 11.1 Å². The van der Waals surface area contributed by atoms with Crippen LogP contribution in [-0.2, 0) is 19.1 Å². The summed E-state index contributed by atoms with van der Waals surface area (Å²) in [6.07, 6.45) is 9.59. The van der Waals surface area contributed by atoms with Gasteiger partial charge in [-0.05, 0) is 80.5 Å². The highest BCUT2D eigenvalue weighted by atomic mass is 16.5. The van der Waals surface area contributed by atoms with Gasteiger partial charge in [-0.2, -0.15) is 0 Å². The lowest BCUT2D eigenvalue weighted by molar-refractivity contribution is -0.154. The molecule has 0 aromatic heterocycles. The van der Waals surface area contributed by atoms with E-state index in [4.69, 9.17) is 9.47 Å². The molecule has 0 radical (unpaired) electrons. The molecule has 0 bridgehead atoms. The topological polar surface area (TPSA) is 52.6 Å². The first-order valence-electron chi connectivity index (χ1n) is 11.3. The summed E-state index contributed by atoms with van der Waals surface area (Å²) in [4.78, 5) is 22.7. The van der Waals surface area contributed by atoms with E-state index < -0.39 is 0 Å². The zero-order valence-corrected chi connectivity index (χ0v) is 18.0. The summed E-state index contributed by atoms with van der Waals surface area (Å²) < 4.78 is 11.0. The number of carbonyl (C=O) groups excluding carboxylic acids is 2. The first kappa shape index (κ1) is 20.0. The number of carbonyl (C=O) groups is 2. The molecule has 156 valence electrons. The fourth-order valence-corrected chi connectivity index (χ4v) is 7.33. The molecule has 4 aliphatic rings. The second kappa shape index (κ2) is 7.50. The Labute approximate surface area is 169 Å². The molecule has 4 heteroatoms. The molecule has 0 spiro atoms. The maximum atomic E-state index is 11.4. The van der Waals surface area contributed by atoms with Crippen LogP contribution in [0.5, 0.6) is 0 Å². The number of hydrogen-bond donors (Lipinski definition) is 0. The molecule has 4 rings (SSSR count). The maximum Gasteiger partial charge on any atom is 0.302 e. The van der Waals surface area contributed by atoms with Crippen molar-refractivity contribution >= 4 is 11.9 Å². The van der Waals surface area contributed by atoms with E-state index in [2.05, 4.69) is 13.8 Å². The maximum absolute atomic E-state index is 11.4. The third-order valence-corrected chi connectivity index (χ3v) is 8.80. The molecule has 0 aromatic carbocycles. The lowest BCUT2D eigenvalue weighted by Gasteiger charge is -2.57. The van der Waals surface area contributed by atoms with Gasteiger partial charge in [0.1, 0.15) is 6.10 Å². The van der Waals surface area contributed by atoms with E-state index in [0.29, 0.717) is 29.8 Å². The standard InChI is InChI=1S/C24H36O4/c1-14-17(13-27-15(2)25)11-22-20(14)7-8-23-21(22)6-5-18-12-19(28-16(3)26)9-10-24(18,23)4/h14,17-19,21,23H,5-13H2,1-4H3/t14-,17-,18-,19-,21-,23-,24-/m0/s1. The minimum Gasteiger partial charge on any atom is -0.466 e. The first-order chi connectivity index (χ1) is 13.3. The summed E-state index contributed by atoms with van der Waals surface area (Å²) in [6, 6.07) is 0. The van der Waals surface area contributed by atoms with Crippen LogP contribution in [0.3, 0.4) is 0 Å². The minimum absolute atomic E-state index is 0.130. The van der Waals surface area contributed by atoms with Gasteiger partial charge in [-0.25, -0.2) is 0 Å². The molecule has 28 heavy (non-hydrogen) atoms. The van der Waals surface area contributed by atoms with E-state index in [0.717, 1.165) is 31.1 Å². The summed E-state index contributed by atoms with van der Waals surface area (Å²) in [5.74, 6) is 2.91. The molecule has 2 fully saturated rings. The molecule has 0 unspecified atom stereocenters. The van der Waals surface area contributed by atoms with Crippen LogP contribution in [0.4, 0.5) is 0 Å². The highest BCUT2D eigenvalue weighted by Gasteiger charge is 2.54. The molecule has 4 nitrogen and oxygen atoms in total. The molecule has 0 aromatic rings. The molecule has 2 saturated carbocycles. The van der Waals surface area contributed by atoms with Gasteiger partial charge in [-0.15, -0.1) is 0 Å². The largest absolute Gasteiger partial charge is 0.466 e. The number of hydrogen-bond acceptors (Lipinski definition) is 4. The Kier molecular flexibility index (Phi) is 5.35. The third-order valence-electron chi connectivity index (χ3n) is 8.80. The number of rotatable bonds is 3. The van der Waals surface area contributed by atoms with Crippen molar-refractivity contribution in [1.82, 2.24) is 0 Å². The number of ether oxygens (including phenoxy) is 2. The Morgan fingerprint density at radius 1 is 1.07 bits per heavy atom. The van der Waals surface area contributed by atoms with E-state index >= 15 is 0 Å². The number of fused-ring (bicyclic) bond motifs is 4. The summed E-state index contributed by atoms with van der Waals surface area (Å²) in [6.45, 7) is 8.49. The molecule has 0 heterocycles.